The molecule has 0 saturated carbocycles. The Morgan fingerprint density at radius 1 is 1.08 bits per heavy atom. The van der Waals surface area contributed by atoms with Gasteiger partial charge >= 0.3 is 0 Å². The fraction of sp³-hybridized carbons (Fsp3) is 0.273. The molecule has 3 rings (SSSR count). The highest BCUT2D eigenvalue weighted by Gasteiger charge is 2.16. The first-order valence-electron chi connectivity index (χ1n) is 8.76. The van der Waals surface area contributed by atoms with Gasteiger partial charge in [0.25, 0.3) is 0 Å². The molecule has 1 N–H and O–H groups in total. The molecule has 0 spiro atoms. The molecule has 4 heteroatoms. The maximum atomic E-state index is 9.73. The summed E-state index contributed by atoms with van der Waals surface area (Å²) in [5.74, 6) is 6.76. The number of aromatic nitrogens is 3. The molecule has 0 bridgehead atoms. The van der Waals surface area contributed by atoms with Gasteiger partial charge in [-0.2, -0.15) is 0 Å². The number of hydrogen-bond acceptors (Lipinski definition) is 3. The van der Waals surface area contributed by atoms with Crippen LogP contribution in [0.1, 0.15) is 44.4 Å². The minimum absolute atomic E-state index is 0.213. The van der Waals surface area contributed by atoms with Crippen LogP contribution < -0.4 is 0 Å². The first-order valence-corrected chi connectivity index (χ1v) is 8.76. The molecule has 3 aromatic rings. The second kappa shape index (κ2) is 7.55. The van der Waals surface area contributed by atoms with E-state index in [0.717, 1.165) is 23.4 Å². The summed E-state index contributed by atoms with van der Waals surface area (Å²) in [7, 11) is 0. The van der Waals surface area contributed by atoms with Gasteiger partial charge < -0.3 is 9.67 Å². The zero-order valence-corrected chi connectivity index (χ0v) is 15.3. The van der Waals surface area contributed by atoms with Gasteiger partial charge in [-0.15, -0.1) is 0 Å². The second-order valence-corrected chi connectivity index (χ2v) is 6.75. The SMILES string of the molecule is CC[C@@H](c1ccncc1)n1ccnc1-c1ccc(C#CC(C)(C)O)cc1. The summed E-state index contributed by atoms with van der Waals surface area (Å²) < 4.78 is 2.20. The molecule has 0 saturated heterocycles. The molecule has 2 aromatic heterocycles. The van der Waals surface area contributed by atoms with Crippen LogP contribution in [0.25, 0.3) is 11.4 Å². The summed E-state index contributed by atoms with van der Waals surface area (Å²) >= 11 is 0. The molecule has 0 fully saturated rings. The van der Waals surface area contributed by atoms with Crippen LogP contribution in [0.2, 0.25) is 0 Å². The molecule has 4 nitrogen and oxygen atoms in total. The van der Waals surface area contributed by atoms with E-state index in [4.69, 9.17) is 0 Å². The first-order chi connectivity index (χ1) is 12.5. The third-order valence-corrected chi connectivity index (χ3v) is 4.14. The van der Waals surface area contributed by atoms with Crippen molar-refractivity contribution in [2.45, 2.75) is 38.8 Å². The van der Waals surface area contributed by atoms with Crippen molar-refractivity contribution in [2.75, 3.05) is 0 Å². The monoisotopic (exact) mass is 345 g/mol. The quantitative estimate of drug-likeness (QED) is 0.725. The molecule has 2 heterocycles. The Hall–Kier alpha value is -2.90. The van der Waals surface area contributed by atoms with Crippen LogP contribution in [0.3, 0.4) is 0 Å². The maximum Gasteiger partial charge on any atom is 0.140 e. The number of benzene rings is 1. The zero-order valence-electron chi connectivity index (χ0n) is 15.3. The minimum Gasteiger partial charge on any atom is -0.378 e. The van der Waals surface area contributed by atoms with E-state index in [1.807, 2.05) is 61.2 Å². The molecule has 0 aliphatic carbocycles. The summed E-state index contributed by atoms with van der Waals surface area (Å²) in [5.41, 5.74) is 2.13. The standard InChI is InChI=1S/C22H23N3O/c1-4-20(18-10-13-23-14-11-18)25-16-15-24-21(25)19-7-5-17(6-8-19)9-12-22(2,3)26/h5-8,10-11,13-16,20,26H,4H2,1-3H3/t20-/m0/s1. The van der Waals surface area contributed by atoms with E-state index in [9.17, 15) is 5.11 Å². The van der Waals surface area contributed by atoms with Gasteiger partial charge in [0.15, 0.2) is 0 Å². The third kappa shape index (κ3) is 4.19. The van der Waals surface area contributed by atoms with Crippen molar-refractivity contribution in [1.82, 2.24) is 14.5 Å². The van der Waals surface area contributed by atoms with Crippen molar-refractivity contribution in [3.05, 3.63) is 72.3 Å². The van der Waals surface area contributed by atoms with E-state index < -0.39 is 5.60 Å². The summed E-state index contributed by atoms with van der Waals surface area (Å²) in [4.78, 5) is 8.68. The largest absolute Gasteiger partial charge is 0.378 e. The van der Waals surface area contributed by atoms with Crippen LogP contribution in [0.15, 0.2) is 61.2 Å². The lowest BCUT2D eigenvalue weighted by molar-refractivity contribution is 0.143. The lowest BCUT2D eigenvalue weighted by Crippen LogP contribution is -2.14. The Labute approximate surface area is 154 Å². The van der Waals surface area contributed by atoms with Gasteiger partial charge in [0.1, 0.15) is 11.4 Å². The molecular formula is C22H23N3O. The van der Waals surface area contributed by atoms with E-state index in [2.05, 4.69) is 33.3 Å². The third-order valence-electron chi connectivity index (χ3n) is 4.14. The van der Waals surface area contributed by atoms with E-state index in [0.29, 0.717) is 0 Å². The predicted molar refractivity (Wildman–Crippen MR) is 104 cm³/mol. The highest BCUT2D eigenvalue weighted by atomic mass is 16.3. The lowest BCUT2D eigenvalue weighted by Gasteiger charge is -2.20. The number of hydrogen-bond donors (Lipinski definition) is 1. The fourth-order valence-corrected chi connectivity index (χ4v) is 2.89. The summed E-state index contributed by atoms with van der Waals surface area (Å²) in [6.45, 7) is 5.52. The number of aliphatic hydroxyl groups is 1. The maximum absolute atomic E-state index is 9.73. The molecule has 0 aliphatic heterocycles. The van der Waals surface area contributed by atoms with E-state index in [1.165, 1.54) is 5.56 Å². The molecular weight excluding hydrogens is 322 g/mol. The lowest BCUT2D eigenvalue weighted by atomic mass is 10.0. The minimum atomic E-state index is -0.992. The van der Waals surface area contributed by atoms with Gasteiger partial charge in [-0.25, -0.2) is 4.98 Å². The van der Waals surface area contributed by atoms with Gasteiger partial charge in [0.05, 0.1) is 6.04 Å². The summed E-state index contributed by atoms with van der Waals surface area (Å²) in [5, 5.41) is 9.73. The molecule has 26 heavy (non-hydrogen) atoms. The number of imidazole rings is 1. The summed E-state index contributed by atoms with van der Waals surface area (Å²) in [6.07, 6.45) is 8.46. The summed E-state index contributed by atoms with van der Waals surface area (Å²) in [6, 6.07) is 12.3. The number of pyridine rings is 1. The van der Waals surface area contributed by atoms with Crippen molar-refractivity contribution < 1.29 is 5.11 Å². The molecule has 0 unspecified atom stereocenters. The van der Waals surface area contributed by atoms with E-state index in [1.54, 1.807) is 13.8 Å². The van der Waals surface area contributed by atoms with E-state index in [-0.39, 0.29) is 6.04 Å². The van der Waals surface area contributed by atoms with Crippen molar-refractivity contribution in [2.24, 2.45) is 0 Å². The zero-order chi connectivity index (χ0) is 18.6. The molecule has 0 aliphatic rings. The van der Waals surface area contributed by atoms with Gasteiger partial charge in [0.2, 0.25) is 0 Å². The van der Waals surface area contributed by atoms with Crippen LogP contribution in [-0.2, 0) is 0 Å². The highest BCUT2D eigenvalue weighted by Crippen LogP contribution is 2.27. The Kier molecular flexibility index (Phi) is 5.20. The Bertz CT molecular complexity index is 910. The van der Waals surface area contributed by atoms with Gasteiger partial charge in [0, 0.05) is 35.9 Å². The average molecular weight is 345 g/mol. The van der Waals surface area contributed by atoms with E-state index >= 15 is 0 Å². The van der Waals surface area contributed by atoms with Crippen molar-refractivity contribution in [1.29, 1.82) is 0 Å². The molecule has 1 aromatic carbocycles. The molecule has 0 amide bonds. The van der Waals surface area contributed by atoms with Crippen LogP contribution >= 0.6 is 0 Å². The first kappa shape index (κ1) is 17.9. The Morgan fingerprint density at radius 3 is 2.38 bits per heavy atom. The molecule has 132 valence electrons. The van der Waals surface area contributed by atoms with Crippen molar-refractivity contribution in [3.63, 3.8) is 0 Å². The van der Waals surface area contributed by atoms with Crippen molar-refractivity contribution >= 4 is 0 Å². The molecule has 0 radical (unpaired) electrons. The van der Waals surface area contributed by atoms with Crippen LogP contribution in [0, 0.1) is 11.8 Å². The Morgan fingerprint density at radius 2 is 1.77 bits per heavy atom. The predicted octanol–water partition coefficient (Wildman–Crippen LogP) is 4.07. The van der Waals surface area contributed by atoms with Crippen LogP contribution in [-0.4, -0.2) is 25.2 Å². The van der Waals surface area contributed by atoms with Crippen molar-refractivity contribution in [3.8, 4) is 23.2 Å². The van der Waals surface area contributed by atoms with Gasteiger partial charge in [-0.1, -0.05) is 30.9 Å². The Balaban J connectivity index is 1.92. The second-order valence-electron chi connectivity index (χ2n) is 6.75. The smallest absolute Gasteiger partial charge is 0.140 e. The fourth-order valence-electron chi connectivity index (χ4n) is 2.89. The average Bonchev–Trinajstić information content (AvgIpc) is 3.11. The topological polar surface area (TPSA) is 50.9 Å². The number of rotatable bonds is 4. The van der Waals surface area contributed by atoms with Gasteiger partial charge in [-0.3, -0.25) is 4.98 Å². The molecule has 1 atom stereocenters. The normalized spacial score (nSPS) is 12.3. The highest BCUT2D eigenvalue weighted by molar-refractivity contribution is 5.58. The van der Waals surface area contributed by atoms with Crippen LogP contribution in [0.5, 0.6) is 0 Å². The van der Waals surface area contributed by atoms with Gasteiger partial charge in [-0.05, 0) is 50.1 Å². The van der Waals surface area contributed by atoms with Crippen LogP contribution in [0.4, 0.5) is 0 Å². The number of nitrogens with zero attached hydrogens (tertiary/aromatic N) is 3.